The molecule has 1 N–H and O–H groups in total. The van der Waals surface area contributed by atoms with Crippen molar-refractivity contribution in [1.29, 1.82) is 0 Å². The molecule has 1 aromatic rings. The summed E-state index contributed by atoms with van der Waals surface area (Å²) in [6.07, 6.45) is 1.13. The molecule has 0 amide bonds. The van der Waals surface area contributed by atoms with Crippen LogP contribution in [0.25, 0.3) is 0 Å². The van der Waals surface area contributed by atoms with Gasteiger partial charge in [0.15, 0.2) is 0 Å². The van der Waals surface area contributed by atoms with Gasteiger partial charge < -0.3 is 15.0 Å². The van der Waals surface area contributed by atoms with Gasteiger partial charge in [-0.2, -0.15) is 0 Å². The van der Waals surface area contributed by atoms with Crippen molar-refractivity contribution in [1.82, 2.24) is 10.2 Å². The molecule has 21 heavy (non-hydrogen) atoms. The second-order valence-electron chi connectivity index (χ2n) is 5.66. The SMILES string of the molecule is CN(C)c1cc(CNCCCN2CCOCC2)ccc1F. The molecule has 0 bridgehead atoms. The first-order valence-electron chi connectivity index (χ1n) is 7.63. The Kier molecular flexibility index (Phi) is 6.42. The Morgan fingerprint density at radius 1 is 1.29 bits per heavy atom. The third-order valence-corrected chi connectivity index (χ3v) is 3.75. The van der Waals surface area contributed by atoms with Crippen LogP contribution < -0.4 is 10.2 Å². The average Bonchev–Trinajstić information content (AvgIpc) is 2.49. The van der Waals surface area contributed by atoms with E-state index in [1.54, 1.807) is 11.0 Å². The van der Waals surface area contributed by atoms with Crippen molar-refractivity contribution >= 4 is 5.69 Å². The molecule has 1 fully saturated rings. The number of hydrogen-bond acceptors (Lipinski definition) is 4. The Bertz CT molecular complexity index is 434. The van der Waals surface area contributed by atoms with Crippen LogP contribution >= 0.6 is 0 Å². The number of morpholine rings is 1. The molecule has 0 aromatic heterocycles. The van der Waals surface area contributed by atoms with Gasteiger partial charge in [0.25, 0.3) is 0 Å². The monoisotopic (exact) mass is 295 g/mol. The molecule has 1 saturated heterocycles. The van der Waals surface area contributed by atoms with Crippen molar-refractivity contribution in [2.24, 2.45) is 0 Å². The first kappa shape index (κ1) is 16.2. The molecule has 1 aromatic carbocycles. The van der Waals surface area contributed by atoms with Crippen molar-refractivity contribution in [2.45, 2.75) is 13.0 Å². The van der Waals surface area contributed by atoms with Crippen LogP contribution in [0, 0.1) is 5.82 Å². The summed E-state index contributed by atoms with van der Waals surface area (Å²) in [5.74, 6) is -0.170. The van der Waals surface area contributed by atoms with E-state index in [1.807, 2.05) is 26.2 Å². The summed E-state index contributed by atoms with van der Waals surface area (Å²) >= 11 is 0. The van der Waals surface area contributed by atoms with E-state index in [1.165, 1.54) is 0 Å². The van der Waals surface area contributed by atoms with Gasteiger partial charge in [-0.1, -0.05) is 6.07 Å². The Hall–Kier alpha value is -1.17. The maximum absolute atomic E-state index is 13.6. The molecule has 0 spiro atoms. The van der Waals surface area contributed by atoms with Gasteiger partial charge in [-0.15, -0.1) is 0 Å². The molecule has 0 atom stereocenters. The van der Waals surface area contributed by atoms with Crippen LogP contribution in [0.15, 0.2) is 18.2 Å². The molecule has 118 valence electrons. The zero-order valence-electron chi connectivity index (χ0n) is 13.1. The van der Waals surface area contributed by atoms with Gasteiger partial charge in [-0.25, -0.2) is 4.39 Å². The van der Waals surface area contributed by atoms with Crippen molar-refractivity contribution < 1.29 is 9.13 Å². The topological polar surface area (TPSA) is 27.7 Å². The van der Waals surface area contributed by atoms with E-state index in [4.69, 9.17) is 4.74 Å². The van der Waals surface area contributed by atoms with E-state index in [2.05, 4.69) is 10.2 Å². The molecule has 0 saturated carbocycles. The molecular weight excluding hydrogens is 269 g/mol. The third-order valence-electron chi connectivity index (χ3n) is 3.75. The van der Waals surface area contributed by atoms with Gasteiger partial charge in [-0.05, 0) is 37.2 Å². The number of benzene rings is 1. The zero-order chi connectivity index (χ0) is 15.1. The van der Waals surface area contributed by atoms with Gasteiger partial charge >= 0.3 is 0 Å². The van der Waals surface area contributed by atoms with Gasteiger partial charge in [0, 0.05) is 33.7 Å². The minimum atomic E-state index is -0.170. The predicted molar refractivity (Wildman–Crippen MR) is 84.3 cm³/mol. The van der Waals surface area contributed by atoms with E-state index in [0.29, 0.717) is 5.69 Å². The fourth-order valence-corrected chi connectivity index (χ4v) is 2.50. The smallest absolute Gasteiger partial charge is 0.146 e. The highest BCUT2D eigenvalue weighted by Gasteiger charge is 2.09. The largest absolute Gasteiger partial charge is 0.379 e. The summed E-state index contributed by atoms with van der Waals surface area (Å²) in [4.78, 5) is 4.24. The summed E-state index contributed by atoms with van der Waals surface area (Å²) in [6.45, 7) is 6.68. The van der Waals surface area contributed by atoms with Crippen LogP contribution in [0.3, 0.4) is 0 Å². The highest BCUT2D eigenvalue weighted by atomic mass is 19.1. The molecule has 4 nitrogen and oxygen atoms in total. The fourth-order valence-electron chi connectivity index (χ4n) is 2.50. The van der Waals surface area contributed by atoms with Crippen LogP contribution in [-0.4, -0.2) is 58.4 Å². The molecule has 0 unspecified atom stereocenters. The average molecular weight is 295 g/mol. The van der Waals surface area contributed by atoms with E-state index >= 15 is 0 Å². The summed E-state index contributed by atoms with van der Waals surface area (Å²) in [5.41, 5.74) is 1.76. The summed E-state index contributed by atoms with van der Waals surface area (Å²) in [6, 6.07) is 5.29. The van der Waals surface area contributed by atoms with Crippen molar-refractivity contribution in [2.75, 3.05) is 58.4 Å². The first-order valence-corrected chi connectivity index (χ1v) is 7.63. The van der Waals surface area contributed by atoms with Gasteiger partial charge in [0.05, 0.1) is 18.9 Å². The maximum Gasteiger partial charge on any atom is 0.146 e. The van der Waals surface area contributed by atoms with Crippen molar-refractivity contribution in [3.63, 3.8) is 0 Å². The summed E-state index contributed by atoms with van der Waals surface area (Å²) in [7, 11) is 3.72. The standard InChI is InChI=1S/C16H26FN3O/c1-19(2)16-12-14(4-5-15(16)17)13-18-6-3-7-20-8-10-21-11-9-20/h4-5,12,18H,3,6-11,13H2,1-2H3. The van der Waals surface area contributed by atoms with Crippen LogP contribution in [-0.2, 0) is 11.3 Å². The molecule has 2 rings (SSSR count). The van der Waals surface area contributed by atoms with Crippen molar-refractivity contribution in [3.8, 4) is 0 Å². The van der Waals surface area contributed by atoms with Crippen molar-refractivity contribution in [3.05, 3.63) is 29.6 Å². The van der Waals surface area contributed by atoms with E-state index in [0.717, 1.165) is 57.9 Å². The Balaban J connectivity index is 1.67. The van der Waals surface area contributed by atoms with Crippen LogP contribution in [0.2, 0.25) is 0 Å². The lowest BCUT2D eigenvalue weighted by Crippen LogP contribution is -2.37. The number of nitrogens with one attached hydrogen (secondary N) is 1. The normalized spacial score (nSPS) is 16.1. The van der Waals surface area contributed by atoms with Crippen LogP contribution in [0.5, 0.6) is 0 Å². The highest BCUT2D eigenvalue weighted by molar-refractivity contribution is 5.48. The fraction of sp³-hybridized carbons (Fsp3) is 0.625. The Morgan fingerprint density at radius 3 is 2.76 bits per heavy atom. The van der Waals surface area contributed by atoms with E-state index in [9.17, 15) is 4.39 Å². The number of rotatable bonds is 7. The second kappa shape index (κ2) is 8.32. The quantitative estimate of drug-likeness (QED) is 0.775. The molecular formula is C16H26FN3O. The number of nitrogens with zero attached hydrogens (tertiary/aromatic N) is 2. The second-order valence-corrected chi connectivity index (χ2v) is 5.66. The molecule has 1 aliphatic heterocycles. The number of ether oxygens (including phenoxy) is 1. The van der Waals surface area contributed by atoms with Gasteiger partial charge in [0.2, 0.25) is 0 Å². The summed E-state index contributed by atoms with van der Waals surface area (Å²) in [5, 5.41) is 3.43. The zero-order valence-corrected chi connectivity index (χ0v) is 13.1. The first-order chi connectivity index (χ1) is 10.2. The minimum absolute atomic E-state index is 0.170. The molecule has 5 heteroatoms. The Morgan fingerprint density at radius 2 is 2.05 bits per heavy atom. The van der Waals surface area contributed by atoms with Gasteiger partial charge in [0.1, 0.15) is 5.82 Å². The van der Waals surface area contributed by atoms with E-state index in [-0.39, 0.29) is 5.82 Å². The predicted octanol–water partition coefficient (Wildman–Crippen LogP) is 1.70. The molecule has 1 aliphatic rings. The van der Waals surface area contributed by atoms with E-state index < -0.39 is 0 Å². The molecule has 1 heterocycles. The van der Waals surface area contributed by atoms with Crippen LogP contribution in [0.4, 0.5) is 10.1 Å². The third kappa shape index (κ3) is 5.26. The molecule has 0 aliphatic carbocycles. The lowest BCUT2D eigenvalue weighted by atomic mass is 10.2. The molecule has 0 radical (unpaired) electrons. The minimum Gasteiger partial charge on any atom is -0.379 e. The maximum atomic E-state index is 13.6. The van der Waals surface area contributed by atoms with Gasteiger partial charge in [-0.3, -0.25) is 4.90 Å². The van der Waals surface area contributed by atoms with Crippen LogP contribution in [0.1, 0.15) is 12.0 Å². The summed E-state index contributed by atoms with van der Waals surface area (Å²) < 4.78 is 18.9. The number of hydrogen-bond donors (Lipinski definition) is 1. The number of halogens is 1. The Labute approximate surface area is 126 Å². The lowest BCUT2D eigenvalue weighted by Gasteiger charge is -2.26. The highest BCUT2D eigenvalue weighted by Crippen LogP contribution is 2.18. The number of anilines is 1. The lowest BCUT2D eigenvalue weighted by molar-refractivity contribution is 0.0374.